The number of ether oxygens (including phenoxy) is 1. The van der Waals surface area contributed by atoms with Crippen molar-refractivity contribution in [3.05, 3.63) is 0 Å². The van der Waals surface area contributed by atoms with E-state index in [1.54, 1.807) is 7.11 Å². The molecule has 0 bridgehead atoms. The summed E-state index contributed by atoms with van der Waals surface area (Å²) in [6.45, 7) is 2.75. The highest BCUT2D eigenvalue weighted by Crippen LogP contribution is 2.29. The van der Waals surface area contributed by atoms with Gasteiger partial charge in [0.15, 0.2) is 0 Å². The van der Waals surface area contributed by atoms with Crippen molar-refractivity contribution in [3.8, 4) is 0 Å². The lowest BCUT2D eigenvalue weighted by molar-refractivity contribution is 0.00673. The quantitative estimate of drug-likeness (QED) is 0.729. The van der Waals surface area contributed by atoms with Crippen LogP contribution in [0.3, 0.4) is 0 Å². The Hall–Kier alpha value is -0.0800. The number of methoxy groups -OCH3 is 1. The number of aliphatic hydroxyl groups excluding tert-OH is 1. The zero-order chi connectivity index (χ0) is 9.68. The van der Waals surface area contributed by atoms with E-state index in [9.17, 15) is 5.11 Å². The van der Waals surface area contributed by atoms with Crippen LogP contribution in [0, 0.1) is 11.8 Å². The molecule has 2 unspecified atom stereocenters. The minimum atomic E-state index is -0.153. The van der Waals surface area contributed by atoms with Crippen LogP contribution in [0.15, 0.2) is 0 Å². The highest BCUT2D eigenvalue weighted by molar-refractivity contribution is 4.76. The van der Waals surface area contributed by atoms with Crippen LogP contribution in [0.25, 0.3) is 0 Å². The van der Waals surface area contributed by atoms with Crippen molar-refractivity contribution in [2.45, 2.75) is 45.1 Å². The van der Waals surface area contributed by atoms with Gasteiger partial charge in [-0.15, -0.1) is 0 Å². The normalized spacial score (nSPS) is 24.2. The molecule has 0 saturated heterocycles. The van der Waals surface area contributed by atoms with Crippen molar-refractivity contribution >= 4 is 0 Å². The van der Waals surface area contributed by atoms with Crippen LogP contribution in [-0.2, 0) is 4.74 Å². The van der Waals surface area contributed by atoms with Gasteiger partial charge >= 0.3 is 0 Å². The lowest BCUT2D eigenvalue weighted by Crippen LogP contribution is -2.31. The van der Waals surface area contributed by atoms with E-state index >= 15 is 0 Å². The zero-order valence-electron chi connectivity index (χ0n) is 8.83. The van der Waals surface area contributed by atoms with Crippen molar-refractivity contribution < 1.29 is 9.84 Å². The molecule has 13 heavy (non-hydrogen) atoms. The van der Waals surface area contributed by atoms with E-state index in [-0.39, 0.29) is 12.0 Å². The molecule has 0 spiro atoms. The molecular weight excluding hydrogens is 164 g/mol. The van der Waals surface area contributed by atoms with Crippen molar-refractivity contribution in [3.63, 3.8) is 0 Å². The Morgan fingerprint density at radius 2 is 1.92 bits per heavy atom. The molecule has 2 heteroatoms. The van der Waals surface area contributed by atoms with Crippen LogP contribution in [0.5, 0.6) is 0 Å². The molecular formula is C11H22O2. The summed E-state index contributed by atoms with van der Waals surface area (Å²) in [6.07, 6.45) is 6.19. The van der Waals surface area contributed by atoms with Crippen LogP contribution in [0.2, 0.25) is 0 Å². The Morgan fingerprint density at radius 1 is 1.31 bits per heavy atom. The largest absolute Gasteiger partial charge is 0.392 e. The molecule has 1 aliphatic rings. The molecule has 1 fully saturated rings. The molecule has 2 nitrogen and oxygen atoms in total. The second-order valence-corrected chi connectivity index (χ2v) is 4.32. The lowest BCUT2D eigenvalue weighted by atomic mass is 9.81. The van der Waals surface area contributed by atoms with E-state index < -0.39 is 0 Å². The van der Waals surface area contributed by atoms with Crippen LogP contribution in [0.4, 0.5) is 0 Å². The molecule has 0 aromatic carbocycles. The first-order valence-corrected chi connectivity index (χ1v) is 5.42. The first-order chi connectivity index (χ1) is 6.25. The summed E-state index contributed by atoms with van der Waals surface area (Å²) in [6, 6.07) is 0. The molecule has 1 N–H and O–H groups in total. The monoisotopic (exact) mass is 186 g/mol. The van der Waals surface area contributed by atoms with Gasteiger partial charge in [0.25, 0.3) is 0 Å². The van der Waals surface area contributed by atoms with E-state index in [4.69, 9.17) is 4.74 Å². The second-order valence-electron chi connectivity index (χ2n) is 4.32. The van der Waals surface area contributed by atoms with Gasteiger partial charge in [0.1, 0.15) is 0 Å². The zero-order valence-corrected chi connectivity index (χ0v) is 8.83. The molecule has 1 rings (SSSR count). The Bertz CT molecular complexity index is 130. The Balaban J connectivity index is 2.31. The summed E-state index contributed by atoms with van der Waals surface area (Å²) in [5.74, 6) is 0.812. The van der Waals surface area contributed by atoms with Gasteiger partial charge in [-0.25, -0.2) is 0 Å². The topological polar surface area (TPSA) is 29.5 Å². The third-order valence-corrected chi connectivity index (χ3v) is 3.15. The minimum absolute atomic E-state index is 0.153. The molecule has 1 aliphatic carbocycles. The molecule has 0 aliphatic heterocycles. The maximum Gasteiger partial charge on any atom is 0.0615 e. The van der Waals surface area contributed by atoms with Gasteiger partial charge in [-0.2, -0.15) is 0 Å². The number of hydrogen-bond donors (Lipinski definition) is 1. The van der Waals surface area contributed by atoms with Crippen LogP contribution >= 0.6 is 0 Å². The number of rotatable bonds is 4. The Labute approximate surface area is 81.3 Å². The van der Waals surface area contributed by atoms with E-state index in [1.807, 2.05) is 0 Å². The number of aliphatic hydroxyl groups is 1. The minimum Gasteiger partial charge on any atom is -0.392 e. The standard InChI is InChI=1S/C11H22O2/c1-9(8-13-2)11(12)10-6-4-3-5-7-10/h9-12H,3-8H2,1-2H3. The Morgan fingerprint density at radius 3 is 2.46 bits per heavy atom. The molecule has 0 amide bonds. The van der Waals surface area contributed by atoms with Gasteiger partial charge in [-0.3, -0.25) is 0 Å². The highest BCUT2D eigenvalue weighted by atomic mass is 16.5. The van der Waals surface area contributed by atoms with Crippen LogP contribution < -0.4 is 0 Å². The molecule has 78 valence electrons. The van der Waals surface area contributed by atoms with Gasteiger partial charge in [0.2, 0.25) is 0 Å². The van der Waals surface area contributed by atoms with Crippen molar-refractivity contribution in [1.29, 1.82) is 0 Å². The highest BCUT2D eigenvalue weighted by Gasteiger charge is 2.25. The summed E-state index contributed by atoms with van der Waals surface area (Å²) in [5, 5.41) is 9.99. The van der Waals surface area contributed by atoms with E-state index in [2.05, 4.69) is 6.92 Å². The second kappa shape index (κ2) is 5.61. The predicted octanol–water partition coefficient (Wildman–Crippen LogP) is 2.21. The fraction of sp³-hybridized carbons (Fsp3) is 1.00. The summed E-state index contributed by atoms with van der Waals surface area (Å²) in [4.78, 5) is 0. The van der Waals surface area contributed by atoms with Crippen molar-refractivity contribution in [1.82, 2.24) is 0 Å². The molecule has 1 saturated carbocycles. The van der Waals surface area contributed by atoms with Crippen LogP contribution in [-0.4, -0.2) is 24.9 Å². The molecule has 0 aromatic rings. The third kappa shape index (κ3) is 3.28. The van der Waals surface area contributed by atoms with Crippen molar-refractivity contribution in [2.24, 2.45) is 11.8 Å². The average molecular weight is 186 g/mol. The molecule has 0 radical (unpaired) electrons. The third-order valence-electron chi connectivity index (χ3n) is 3.15. The summed E-state index contributed by atoms with van der Waals surface area (Å²) in [7, 11) is 1.70. The van der Waals surface area contributed by atoms with Crippen molar-refractivity contribution in [2.75, 3.05) is 13.7 Å². The first kappa shape index (κ1) is 11.0. The van der Waals surface area contributed by atoms with Gasteiger partial charge in [0.05, 0.1) is 12.7 Å². The first-order valence-electron chi connectivity index (χ1n) is 5.42. The predicted molar refractivity (Wildman–Crippen MR) is 53.6 cm³/mol. The van der Waals surface area contributed by atoms with Gasteiger partial charge < -0.3 is 9.84 Å². The summed E-state index contributed by atoms with van der Waals surface area (Å²) in [5.41, 5.74) is 0. The number of hydrogen-bond acceptors (Lipinski definition) is 2. The average Bonchev–Trinajstić information content (AvgIpc) is 2.18. The molecule has 0 heterocycles. The van der Waals surface area contributed by atoms with Crippen LogP contribution in [0.1, 0.15) is 39.0 Å². The van der Waals surface area contributed by atoms with Gasteiger partial charge in [0, 0.05) is 13.0 Å². The lowest BCUT2D eigenvalue weighted by Gasteiger charge is -2.30. The van der Waals surface area contributed by atoms with E-state index in [1.165, 1.54) is 32.1 Å². The molecule has 2 atom stereocenters. The smallest absolute Gasteiger partial charge is 0.0615 e. The molecule has 0 aromatic heterocycles. The SMILES string of the molecule is COCC(C)C(O)C1CCCCC1. The Kier molecular flexibility index (Phi) is 4.74. The summed E-state index contributed by atoms with van der Waals surface area (Å²) >= 11 is 0. The fourth-order valence-electron chi connectivity index (χ4n) is 2.30. The van der Waals surface area contributed by atoms with Gasteiger partial charge in [-0.1, -0.05) is 26.2 Å². The van der Waals surface area contributed by atoms with E-state index in [0.29, 0.717) is 12.5 Å². The maximum atomic E-state index is 9.99. The van der Waals surface area contributed by atoms with E-state index in [0.717, 1.165) is 0 Å². The van der Waals surface area contributed by atoms with Gasteiger partial charge in [-0.05, 0) is 18.8 Å². The maximum absolute atomic E-state index is 9.99. The summed E-state index contributed by atoms with van der Waals surface area (Å²) < 4.78 is 5.06. The fourth-order valence-corrected chi connectivity index (χ4v) is 2.30.